The summed E-state index contributed by atoms with van der Waals surface area (Å²) in [6, 6.07) is 0.577. The van der Waals surface area contributed by atoms with Crippen LogP contribution < -0.4 is 5.32 Å². The van der Waals surface area contributed by atoms with Crippen LogP contribution in [0.3, 0.4) is 0 Å². The van der Waals surface area contributed by atoms with E-state index in [0.717, 1.165) is 26.2 Å². The molecule has 0 aromatic heterocycles. The summed E-state index contributed by atoms with van der Waals surface area (Å²) in [5.74, 6) is 0. The summed E-state index contributed by atoms with van der Waals surface area (Å²) in [6.45, 7) is 15.4. The summed E-state index contributed by atoms with van der Waals surface area (Å²) < 4.78 is 5.74. The normalized spacial score (nSPS) is 23.6. The molecular formula is C14H30N2O. The highest BCUT2D eigenvalue weighted by Crippen LogP contribution is 2.23. The van der Waals surface area contributed by atoms with Gasteiger partial charge in [0.2, 0.25) is 0 Å². The third kappa shape index (κ3) is 4.94. The Hall–Kier alpha value is -0.120. The third-order valence-corrected chi connectivity index (χ3v) is 3.63. The Balaban J connectivity index is 2.39. The highest BCUT2D eigenvalue weighted by molar-refractivity contribution is 4.83. The molecule has 0 saturated carbocycles. The molecule has 1 unspecified atom stereocenters. The van der Waals surface area contributed by atoms with E-state index in [1.165, 1.54) is 6.42 Å². The lowest BCUT2D eigenvalue weighted by atomic mass is 9.84. The molecule has 3 nitrogen and oxygen atoms in total. The number of rotatable bonds is 4. The van der Waals surface area contributed by atoms with Crippen LogP contribution in [0.15, 0.2) is 0 Å². The Morgan fingerprint density at radius 3 is 2.47 bits per heavy atom. The maximum atomic E-state index is 5.74. The molecule has 1 saturated heterocycles. The van der Waals surface area contributed by atoms with Crippen LogP contribution in [0.1, 0.15) is 41.0 Å². The predicted molar refractivity (Wildman–Crippen MR) is 73.4 cm³/mol. The second-order valence-electron chi connectivity index (χ2n) is 6.88. The number of morpholine rings is 1. The van der Waals surface area contributed by atoms with E-state index in [9.17, 15) is 0 Å². The van der Waals surface area contributed by atoms with Crippen LogP contribution in [0, 0.1) is 5.41 Å². The first-order valence-corrected chi connectivity index (χ1v) is 6.78. The lowest BCUT2D eigenvalue weighted by molar-refractivity contribution is -0.0868. The lowest BCUT2D eigenvalue weighted by Gasteiger charge is -2.39. The highest BCUT2D eigenvalue weighted by atomic mass is 16.5. The van der Waals surface area contributed by atoms with Gasteiger partial charge in [-0.05, 0) is 39.3 Å². The van der Waals surface area contributed by atoms with E-state index >= 15 is 0 Å². The summed E-state index contributed by atoms with van der Waals surface area (Å²) in [7, 11) is 2.07. The van der Waals surface area contributed by atoms with Gasteiger partial charge < -0.3 is 10.1 Å². The van der Waals surface area contributed by atoms with E-state index in [-0.39, 0.29) is 5.60 Å². The molecule has 1 N–H and O–H groups in total. The van der Waals surface area contributed by atoms with E-state index < -0.39 is 0 Å². The van der Waals surface area contributed by atoms with Gasteiger partial charge in [-0.25, -0.2) is 0 Å². The first-order chi connectivity index (χ1) is 7.74. The van der Waals surface area contributed by atoms with Crippen molar-refractivity contribution in [3.63, 3.8) is 0 Å². The Labute approximate surface area is 107 Å². The van der Waals surface area contributed by atoms with Crippen molar-refractivity contribution in [3.05, 3.63) is 0 Å². The van der Waals surface area contributed by atoms with Crippen LogP contribution in [0.4, 0.5) is 0 Å². The standard InChI is InChI=1S/C14H30N2O/c1-13(2,3)12(15-6)7-8-16-9-10-17-14(4,5)11-16/h12,15H,7-11H2,1-6H3. The van der Waals surface area contributed by atoms with Crippen molar-refractivity contribution >= 4 is 0 Å². The van der Waals surface area contributed by atoms with E-state index in [0.29, 0.717) is 11.5 Å². The van der Waals surface area contributed by atoms with Crippen LogP contribution in [-0.2, 0) is 4.74 Å². The molecule has 1 aliphatic rings. The van der Waals surface area contributed by atoms with Gasteiger partial charge >= 0.3 is 0 Å². The quantitative estimate of drug-likeness (QED) is 0.817. The zero-order valence-corrected chi connectivity index (χ0v) is 12.5. The Morgan fingerprint density at radius 1 is 1.35 bits per heavy atom. The summed E-state index contributed by atoms with van der Waals surface area (Å²) in [5.41, 5.74) is 0.353. The van der Waals surface area contributed by atoms with Crippen molar-refractivity contribution in [3.8, 4) is 0 Å². The highest BCUT2D eigenvalue weighted by Gasteiger charge is 2.28. The van der Waals surface area contributed by atoms with Crippen molar-refractivity contribution in [2.45, 2.75) is 52.7 Å². The van der Waals surface area contributed by atoms with Crippen LogP contribution in [0.2, 0.25) is 0 Å². The van der Waals surface area contributed by atoms with Gasteiger partial charge in [-0.1, -0.05) is 20.8 Å². The summed E-state index contributed by atoms with van der Waals surface area (Å²) >= 11 is 0. The van der Waals surface area contributed by atoms with Gasteiger partial charge in [-0.15, -0.1) is 0 Å². The zero-order chi connectivity index (χ0) is 13.1. The molecular weight excluding hydrogens is 212 g/mol. The molecule has 1 aliphatic heterocycles. The molecule has 1 fully saturated rings. The van der Waals surface area contributed by atoms with Gasteiger partial charge in [-0.3, -0.25) is 4.90 Å². The SMILES string of the molecule is CNC(CCN1CCOC(C)(C)C1)C(C)(C)C. The van der Waals surface area contributed by atoms with E-state index in [4.69, 9.17) is 4.74 Å². The summed E-state index contributed by atoms with van der Waals surface area (Å²) in [6.07, 6.45) is 1.20. The Bertz CT molecular complexity index is 233. The van der Waals surface area contributed by atoms with Gasteiger partial charge in [0.05, 0.1) is 12.2 Å². The van der Waals surface area contributed by atoms with E-state index in [2.05, 4.69) is 51.9 Å². The van der Waals surface area contributed by atoms with E-state index in [1.807, 2.05) is 0 Å². The average Bonchev–Trinajstić information content (AvgIpc) is 2.15. The zero-order valence-electron chi connectivity index (χ0n) is 12.5. The largest absolute Gasteiger partial charge is 0.373 e. The second-order valence-corrected chi connectivity index (χ2v) is 6.88. The van der Waals surface area contributed by atoms with Crippen molar-refractivity contribution in [1.82, 2.24) is 10.2 Å². The van der Waals surface area contributed by atoms with Crippen LogP contribution >= 0.6 is 0 Å². The number of nitrogens with one attached hydrogen (secondary N) is 1. The minimum Gasteiger partial charge on any atom is -0.373 e. The van der Waals surface area contributed by atoms with Gasteiger partial charge in [0.15, 0.2) is 0 Å². The Kier molecular flexibility index (Phi) is 4.99. The molecule has 1 heterocycles. The van der Waals surface area contributed by atoms with Crippen molar-refractivity contribution < 1.29 is 4.74 Å². The van der Waals surface area contributed by atoms with Gasteiger partial charge in [-0.2, -0.15) is 0 Å². The number of ether oxygens (including phenoxy) is 1. The molecule has 0 bridgehead atoms. The monoisotopic (exact) mass is 242 g/mol. The summed E-state index contributed by atoms with van der Waals surface area (Å²) in [5, 5.41) is 3.44. The van der Waals surface area contributed by atoms with E-state index in [1.54, 1.807) is 0 Å². The third-order valence-electron chi connectivity index (χ3n) is 3.63. The molecule has 0 aromatic rings. The molecule has 102 valence electrons. The Morgan fingerprint density at radius 2 is 2.00 bits per heavy atom. The van der Waals surface area contributed by atoms with Gasteiger partial charge in [0, 0.05) is 19.1 Å². The second kappa shape index (κ2) is 5.68. The van der Waals surface area contributed by atoms with Crippen LogP contribution in [0.25, 0.3) is 0 Å². The fraction of sp³-hybridized carbons (Fsp3) is 1.00. The van der Waals surface area contributed by atoms with Crippen LogP contribution in [0.5, 0.6) is 0 Å². The predicted octanol–water partition coefficient (Wildman–Crippen LogP) is 2.12. The first-order valence-electron chi connectivity index (χ1n) is 6.78. The van der Waals surface area contributed by atoms with Crippen LogP contribution in [-0.4, -0.2) is 49.8 Å². The molecule has 0 spiro atoms. The molecule has 0 radical (unpaired) electrons. The molecule has 0 amide bonds. The van der Waals surface area contributed by atoms with Gasteiger partial charge in [0.1, 0.15) is 0 Å². The topological polar surface area (TPSA) is 24.5 Å². The fourth-order valence-corrected chi connectivity index (χ4v) is 2.63. The molecule has 1 atom stereocenters. The minimum absolute atomic E-state index is 0.0229. The summed E-state index contributed by atoms with van der Waals surface area (Å²) in [4.78, 5) is 2.53. The fourth-order valence-electron chi connectivity index (χ4n) is 2.63. The van der Waals surface area contributed by atoms with Crippen molar-refractivity contribution in [1.29, 1.82) is 0 Å². The molecule has 17 heavy (non-hydrogen) atoms. The maximum absolute atomic E-state index is 5.74. The van der Waals surface area contributed by atoms with Gasteiger partial charge in [0.25, 0.3) is 0 Å². The molecule has 3 heteroatoms. The minimum atomic E-state index is 0.0229. The molecule has 0 aromatic carbocycles. The molecule has 1 rings (SSSR count). The van der Waals surface area contributed by atoms with Crippen molar-refractivity contribution in [2.24, 2.45) is 5.41 Å². The van der Waals surface area contributed by atoms with Crippen molar-refractivity contribution in [2.75, 3.05) is 33.3 Å². The average molecular weight is 242 g/mol. The number of nitrogens with zero attached hydrogens (tertiary/aromatic N) is 1. The molecule has 0 aliphatic carbocycles. The smallest absolute Gasteiger partial charge is 0.0753 e. The number of hydrogen-bond donors (Lipinski definition) is 1. The maximum Gasteiger partial charge on any atom is 0.0753 e. The lowest BCUT2D eigenvalue weighted by Crippen LogP contribution is -2.50. The number of hydrogen-bond acceptors (Lipinski definition) is 3. The first kappa shape index (κ1) is 14.9.